The van der Waals surface area contributed by atoms with Crippen LogP contribution < -0.4 is 5.32 Å². The average molecular weight is 222 g/mol. The molecular weight excluding hydrogens is 200 g/mol. The summed E-state index contributed by atoms with van der Waals surface area (Å²) in [6, 6.07) is 0.581. The maximum atomic E-state index is 4.31. The lowest BCUT2D eigenvalue weighted by atomic mass is 10.1. The summed E-state index contributed by atoms with van der Waals surface area (Å²) in [6.45, 7) is 5.65. The van der Waals surface area contributed by atoms with Crippen molar-refractivity contribution in [1.29, 1.82) is 0 Å². The quantitative estimate of drug-likeness (QED) is 0.791. The molecule has 4 nitrogen and oxygen atoms in total. The Morgan fingerprint density at radius 2 is 2.38 bits per heavy atom. The molecule has 0 saturated heterocycles. The SMILES string of the molecule is CCCNC(Cc1ncnn1C)C1CC1C. The minimum absolute atomic E-state index is 0.581. The van der Waals surface area contributed by atoms with E-state index in [0.717, 1.165) is 30.6 Å². The van der Waals surface area contributed by atoms with Gasteiger partial charge in [0.25, 0.3) is 0 Å². The molecule has 3 atom stereocenters. The Morgan fingerprint density at radius 3 is 2.88 bits per heavy atom. The number of aromatic nitrogens is 3. The second-order valence-corrected chi connectivity index (χ2v) is 4.94. The smallest absolute Gasteiger partial charge is 0.138 e. The first-order valence-electron chi connectivity index (χ1n) is 6.28. The summed E-state index contributed by atoms with van der Waals surface area (Å²) in [4.78, 5) is 4.31. The third-order valence-corrected chi connectivity index (χ3v) is 3.55. The number of nitrogens with zero attached hydrogens (tertiary/aromatic N) is 3. The molecule has 0 aliphatic heterocycles. The molecule has 1 aromatic heterocycles. The molecule has 3 unspecified atom stereocenters. The maximum absolute atomic E-state index is 4.31. The lowest BCUT2D eigenvalue weighted by Gasteiger charge is -2.17. The molecule has 1 saturated carbocycles. The second-order valence-electron chi connectivity index (χ2n) is 4.94. The van der Waals surface area contributed by atoms with Crippen LogP contribution in [0.4, 0.5) is 0 Å². The van der Waals surface area contributed by atoms with E-state index in [1.54, 1.807) is 6.33 Å². The first-order valence-corrected chi connectivity index (χ1v) is 6.28. The van der Waals surface area contributed by atoms with E-state index < -0.39 is 0 Å². The molecular formula is C12H22N4. The molecule has 1 N–H and O–H groups in total. The van der Waals surface area contributed by atoms with Crippen LogP contribution in [0.3, 0.4) is 0 Å². The van der Waals surface area contributed by atoms with Gasteiger partial charge in [-0.15, -0.1) is 0 Å². The number of nitrogens with one attached hydrogen (secondary N) is 1. The standard InChI is InChI=1S/C12H22N4/c1-4-5-13-11(10-6-9(10)2)7-12-14-8-15-16(12)3/h8-11,13H,4-7H2,1-3H3. The minimum atomic E-state index is 0.581. The molecule has 0 amide bonds. The lowest BCUT2D eigenvalue weighted by molar-refractivity contribution is 0.430. The third-order valence-electron chi connectivity index (χ3n) is 3.55. The van der Waals surface area contributed by atoms with Crippen LogP contribution in [0.5, 0.6) is 0 Å². The minimum Gasteiger partial charge on any atom is -0.313 e. The predicted molar refractivity (Wildman–Crippen MR) is 64.1 cm³/mol. The zero-order valence-electron chi connectivity index (χ0n) is 10.5. The number of aryl methyl sites for hydroxylation is 1. The highest BCUT2D eigenvalue weighted by atomic mass is 15.3. The van der Waals surface area contributed by atoms with Gasteiger partial charge in [0.1, 0.15) is 12.2 Å². The van der Waals surface area contributed by atoms with Gasteiger partial charge in [-0.25, -0.2) is 4.98 Å². The average Bonchev–Trinajstić information content (AvgIpc) is 2.85. The summed E-state index contributed by atoms with van der Waals surface area (Å²) in [5, 5.41) is 7.77. The van der Waals surface area contributed by atoms with E-state index in [2.05, 4.69) is 29.2 Å². The van der Waals surface area contributed by atoms with Crippen molar-refractivity contribution in [3.63, 3.8) is 0 Å². The Morgan fingerprint density at radius 1 is 1.62 bits per heavy atom. The molecule has 0 bridgehead atoms. The number of hydrogen-bond acceptors (Lipinski definition) is 3. The predicted octanol–water partition coefficient (Wildman–Crippen LogP) is 1.38. The maximum Gasteiger partial charge on any atom is 0.138 e. The molecule has 1 fully saturated rings. The van der Waals surface area contributed by atoms with Crippen LogP contribution in [0, 0.1) is 11.8 Å². The first-order chi connectivity index (χ1) is 7.72. The Bertz CT molecular complexity index is 334. The largest absolute Gasteiger partial charge is 0.313 e. The van der Waals surface area contributed by atoms with Crippen LogP contribution >= 0.6 is 0 Å². The molecule has 90 valence electrons. The molecule has 1 aromatic rings. The Labute approximate surface area is 97.5 Å². The van der Waals surface area contributed by atoms with Gasteiger partial charge in [0, 0.05) is 19.5 Å². The monoisotopic (exact) mass is 222 g/mol. The van der Waals surface area contributed by atoms with Gasteiger partial charge >= 0.3 is 0 Å². The van der Waals surface area contributed by atoms with Gasteiger partial charge in [0.15, 0.2) is 0 Å². The van der Waals surface area contributed by atoms with Crippen LogP contribution in [-0.2, 0) is 13.5 Å². The van der Waals surface area contributed by atoms with E-state index in [-0.39, 0.29) is 0 Å². The Balaban J connectivity index is 1.94. The van der Waals surface area contributed by atoms with Crippen LogP contribution in [0.25, 0.3) is 0 Å². The summed E-state index contributed by atoms with van der Waals surface area (Å²) in [5.74, 6) is 2.80. The summed E-state index contributed by atoms with van der Waals surface area (Å²) in [6.07, 6.45) is 5.20. The fourth-order valence-corrected chi connectivity index (χ4v) is 2.32. The van der Waals surface area contributed by atoms with E-state index in [9.17, 15) is 0 Å². The van der Waals surface area contributed by atoms with Crippen molar-refractivity contribution < 1.29 is 0 Å². The lowest BCUT2D eigenvalue weighted by Crippen LogP contribution is -2.35. The first kappa shape index (κ1) is 11.6. The van der Waals surface area contributed by atoms with Crippen LogP contribution in [-0.4, -0.2) is 27.4 Å². The molecule has 16 heavy (non-hydrogen) atoms. The van der Waals surface area contributed by atoms with E-state index >= 15 is 0 Å². The molecule has 0 radical (unpaired) electrons. The van der Waals surface area contributed by atoms with Crippen molar-refractivity contribution >= 4 is 0 Å². The zero-order valence-corrected chi connectivity index (χ0v) is 10.5. The van der Waals surface area contributed by atoms with E-state index in [1.165, 1.54) is 12.8 Å². The second kappa shape index (κ2) is 4.95. The van der Waals surface area contributed by atoms with Crippen molar-refractivity contribution in [2.75, 3.05) is 6.54 Å². The van der Waals surface area contributed by atoms with Crippen molar-refractivity contribution in [2.45, 2.75) is 39.2 Å². The van der Waals surface area contributed by atoms with E-state index in [1.807, 2.05) is 11.7 Å². The van der Waals surface area contributed by atoms with Crippen LogP contribution in [0.15, 0.2) is 6.33 Å². The van der Waals surface area contributed by atoms with Gasteiger partial charge in [-0.3, -0.25) is 4.68 Å². The molecule has 1 aliphatic carbocycles. The van der Waals surface area contributed by atoms with Gasteiger partial charge in [0.05, 0.1) is 0 Å². The molecule has 2 rings (SSSR count). The van der Waals surface area contributed by atoms with Gasteiger partial charge in [0.2, 0.25) is 0 Å². The Hall–Kier alpha value is -0.900. The number of hydrogen-bond donors (Lipinski definition) is 1. The fraction of sp³-hybridized carbons (Fsp3) is 0.833. The van der Waals surface area contributed by atoms with Crippen LogP contribution in [0.2, 0.25) is 0 Å². The molecule has 0 spiro atoms. The van der Waals surface area contributed by atoms with E-state index in [4.69, 9.17) is 0 Å². The van der Waals surface area contributed by atoms with Crippen LogP contribution in [0.1, 0.15) is 32.5 Å². The van der Waals surface area contributed by atoms with Crippen molar-refractivity contribution in [1.82, 2.24) is 20.1 Å². The van der Waals surface area contributed by atoms with Crippen molar-refractivity contribution in [3.05, 3.63) is 12.2 Å². The molecule has 1 heterocycles. The molecule has 1 aliphatic rings. The summed E-state index contributed by atoms with van der Waals surface area (Å²) in [7, 11) is 1.97. The van der Waals surface area contributed by atoms with Gasteiger partial charge in [-0.05, 0) is 31.2 Å². The summed E-state index contributed by atoms with van der Waals surface area (Å²) < 4.78 is 1.88. The number of rotatable bonds is 6. The molecule has 4 heteroatoms. The summed E-state index contributed by atoms with van der Waals surface area (Å²) in [5.41, 5.74) is 0. The fourth-order valence-electron chi connectivity index (χ4n) is 2.32. The highest BCUT2D eigenvalue weighted by molar-refractivity contribution is 4.98. The van der Waals surface area contributed by atoms with Gasteiger partial charge in [-0.1, -0.05) is 13.8 Å². The summed E-state index contributed by atoms with van der Waals surface area (Å²) >= 11 is 0. The van der Waals surface area contributed by atoms with Crippen molar-refractivity contribution in [2.24, 2.45) is 18.9 Å². The van der Waals surface area contributed by atoms with Gasteiger partial charge in [-0.2, -0.15) is 5.10 Å². The topological polar surface area (TPSA) is 42.7 Å². The normalized spacial score (nSPS) is 25.7. The van der Waals surface area contributed by atoms with Gasteiger partial charge < -0.3 is 5.32 Å². The molecule has 0 aromatic carbocycles. The van der Waals surface area contributed by atoms with E-state index in [0.29, 0.717) is 6.04 Å². The third kappa shape index (κ3) is 2.61. The highest BCUT2D eigenvalue weighted by Crippen LogP contribution is 2.41. The zero-order chi connectivity index (χ0) is 11.5. The Kier molecular flexibility index (Phi) is 3.59. The highest BCUT2D eigenvalue weighted by Gasteiger charge is 2.39. The van der Waals surface area contributed by atoms with Crippen molar-refractivity contribution in [3.8, 4) is 0 Å².